The van der Waals surface area contributed by atoms with E-state index < -0.39 is 11.9 Å². The van der Waals surface area contributed by atoms with E-state index in [1.807, 2.05) is 0 Å². The van der Waals surface area contributed by atoms with Crippen LogP contribution in [-0.4, -0.2) is 27.6 Å². The quantitative estimate of drug-likeness (QED) is 0.635. The van der Waals surface area contributed by atoms with Gasteiger partial charge in [-0.25, -0.2) is 4.98 Å². The molecule has 3 N–H and O–H groups in total. The zero-order chi connectivity index (χ0) is 10.1. The van der Waals surface area contributed by atoms with Gasteiger partial charge in [0.1, 0.15) is 0 Å². The fourth-order valence-corrected chi connectivity index (χ4v) is 1.81. The molecule has 2 rings (SSSR count). The van der Waals surface area contributed by atoms with Crippen molar-refractivity contribution in [2.45, 2.75) is 19.4 Å². The first-order chi connectivity index (χ1) is 6.70. The van der Waals surface area contributed by atoms with Crippen LogP contribution < -0.4 is 5.32 Å². The SMILES string of the molecule is CC(C(=O)O)C1NCCc2[nH]cnc21. The van der Waals surface area contributed by atoms with Crippen LogP contribution in [0.4, 0.5) is 0 Å². The molecular formula is C9H13N3O2. The van der Waals surface area contributed by atoms with E-state index >= 15 is 0 Å². The fraction of sp³-hybridized carbons (Fsp3) is 0.556. The van der Waals surface area contributed by atoms with Gasteiger partial charge in [0.05, 0.1) is 24.0 Å². The van der Waals surface area contributed by atoms with Crippen molar-refractivity contribution in [3.05, 3.63) is 17.7 Å². The van der Waals surface area contributed by atoms with Crippen LogP contribution in [0.3, 0.4) is 0 Å². The summed E-state index contributed by atoms with van der Waals surface area (Å²) in [5, 5.41) is 12.1. The van der Waals surface area contributed by atoms with Crippen LogP contribution in [-0.2, 0) is 11.2 Å². The summed E-state index contributed by atoms with van der Waals surface area (Å²) in [7, 11) is 0. The molecule has 76 valence electrons. The Morgan fingerprint density at radius 3 is 3.29 bits per heavy atom. The first-order valence-corrected chi connectivity index (χ1v) is 4.68. The molecule has 0 saturated heterocycles. The Hall–Kier alpha value is -1.36. The third-order valence-corrected chi connectivity index (χ3v) is 2.67. The van der Waals surface area contributed by atoms with Crippen molar-refractivity contribution in [3.63, 3.8) is 0 Å². The zero-order valence-electron chi connectivity index (χ0n) is 7.95. The van der Waals surface area contributed by atoms with Crippen molar-refractivity contribution in [1.82, 2.24) is 15.3 Å². The summed E-state index contributed by atoms with van der Waals surface area (Å²) in [6, 6.07) is -0.164. The lowest BCUT2D eigenvalue weighted by Gasteiger charge is -2.25. The van der Waals surface area contributed by atoms with Gasteiger partial charge in [-0.05, 0) is 0 Å². The molecule has 0 saturated carbocycles. The molecule has 1 aliphatic heterocycles. The predicted octanol–water partition coefficient (Wildman–Crippen LogP) is 0.317. The molecule has 5 heteroatoms. The van der Waals surface area contributed by atoms with E-state index in [0.717, 1.165) is 24.4 Å². The monoisotopic (exact) mass is 195 g/mol. The highest BCUT2D eigenvalue weighted by atomic mass is 16.4. The second-order valence-electron chi connectivity index (χ2n) is 3.58. The van der Waals surface area contributed by atoms with Gasteiger partial charge in [0.15, 0.2) is 0 Å². The predicted molar refractivity (Wildman–Crippen MR) is 49.8 cm³/mol. The van der Waals surface area contributed by atoms with Crippen LogP contribution in [0.15, 0.2) is 6.33 Å². The van der Waals surface area contributed by atoms with Gasteiger partial charge in [0.2, 0.25) is 0 Å². The van der Waals surface area contributed by atoms with Crippen molar-refractivity contribution in [1.29, 1.82) is 0 Å². The lowest BCUT2D eigenvalue weighted by molar-refractivity contribution is -0.142. The van der Waals surface area contributed by atoms with Gasteiger partial charge in [0.25, 0.3) is 0 Å². The molecule has 2 heterocycles. The highest BCUT2D eigenvalue weighted by Crippen LogP contribution is 2.26. The first-order valence-electron chi connectivity index (χ1n) is 4.68. The van der Waals surface area contributed by atoms with Gasteiger partial charge in [-0.2, -0.15) is 0 Å². The summed E-state index contributed by atoms with van der Waals surface area (Å²) in [4.78, 5) is 18.0. The number of nitrogens with one attached hydrogen (secondary N) is 2. The standard InChI is InChI=1S/C9H13N3O2/c1-5(9(13)14)7-8-6(2-3-10-7)11-4-12-8/h4-5,7,10H,2-3H2,1H3,(H,11,12)(H,13,14). The van der Waals surface area contributed by atoms with Gasteiger partial charge >= 0.3 is 5.97 Å². The van der Waals surface area contributed by atoms with Gasteiger partial charge in [0, 0.05) is 18.7 Å². The maximum Gasteiger partial charge on any atom is 0.308 e. The molecule has 0 aromatic carbocycles. The lowest BCUT2D eigenvalue weighted by atomic mass is 9.94. The molecule has 0 fully saturated rings. The Morgan fingerprint density at radius 1 is 1.79 bits per heavy atom. The Morgan fingerprint density at radius 2 is 2.57 bits per heavy atom. The minimum Gasteiger partial charge on any atom is -0.481 e. The van der Waals surface area contributed by atoms with Gasteiger partial charge in [-0.15, -0.1) is 0 Å². The number of hydrogen-bond acceptors (Lipinski definition) is 3. The van der Waals surface area contributed by atoms with E-state index in [1.165, 1.54) is 0 Å². The Balaban J connectivity index is 2.28. The molecule has 0 radical (unpaired) electrons. The molecule has 1 aliphatic rings. The average Bonchev–Trinajstić information content (AvgIpc) is 2.63. The summed E-state index contributed by atoms with van der Waals surface area (Å²) in [6.45, 7) is 2.50. The average molecular weight is 195 g/mol. The number of hydrogen-bond donors (Lipinski definition) is 3. The van der Waals surface area contributed by atoms with Crippen LogP contribution in [0.5, 0.6) is 0 Å². The van der Waals surface area contributed by atoms with Gasteiger partial charge in [-0.1, -0.05) is 6.92 Å². The van der Waals surface area contributed by atoms with Crippen LogP contribution in [0.25, 0.3) is 0 Å². The Kier molecular flexibility index (Phi) is 2.25. The number of aromatic nitrogens is 2. The normalized spacial score (nSPS) is 22.8. The molecular weight excluding hydrogens is 182 g/mol. The summed E-state index contributed by atoms with van der Waals surface area (Å²) >= 11 is 0. The zero-order valence-corrected chi connectivity index (χ0v) is 7.95. The van der Waals surface area contributed by atoms with Crippen molar-refractivity contribution >= 4 is 5.97 Å². The molecule has 1 aromatic rings. The molecule has 1 aromatic heterocycles. The second kappa shape index (κ2) is 3.42. The van der Waals surface area contributed by atoms with Gasteiger partial charge < -0.3 is 15.4 Å². The number of imidazole rings is 1. The van der Waals surface area contributed by atoms with E-state index in [2.05, 4.69) is 15.3 Å². The minimum atomic E-state index is -0.793. The number of H-pyrrole nitrogens is 1. The molecule has 2 unspecified atom stereocenters. The lowest BCUT2D eigenvalue weighted by Crippen LogP contribution is -2.36. The topological polar surface area (TPSA) is 78.0 Å². The van der Waals surface area contributed by atoms with Crippen molar-refractivity contribution in [2.75, 3.05) is 6.54 Å². The van der Waals surface area contributed by atoms with Gasteiger partial charge in [-0.3, -0.25) is 4.79 Å². The fourth-order valence-electron chi connectivity index (χ4n) is 1.81. The highest BCUT2D eigenvalue weighted by Gasteiger charge is 2.30. The first kappa shape index (κ1) is 9.21. The number of nitrogens with zero attached hydrogens (tertiary/aromatic N) is 1. The van der Waals surface area contributed by atoms with Crippen LogP contribution in [0.2, 0.25) is 0 Å². The molecule has 0 aliphatic carbocycles. The largest absolute Gasteiger partial charge is 0.481 e. The molecule has 2 atom stereocenters. The summed E-state index contributed by atoms with van der Waals surface area (Å²) in [6.07, 6.45) is 2.51. The van der Waals surface area contributed by atoms with E-state index in [1.54, 1.807) is 13.3 Å². The molecule has 0 bridgehead atoms. The molecule has 14 heavy (non-hydrogen) atoms. The summed E-state index contributed by atoms with van der Waals surface area (Å²) in [5.74, 6) is -1.24. The number of carboxylic acid groups (broad SMARTS) is 1. The van der Waals surface area contributed by atoms with E-state index in [9.17, 15) is 4.79 Å². The maximum absolute atomic E-state index is 10.9. The molecule has 0 amide bonds. The van der Waals surface area contributed by atoms with E-state index in [-0.39, 0.29) is 6.04 Å². The third kappa shape index (κ3) is 1.39. The Bertz CT molecular complexity index is 348. The van der Waals surface area contributed by atoms with Crippen molar-refractivity contribution in [3.8, 4) is 0 Å². The number of rotatable bonds is 2. The maximum atomic E-state index is 10.9. The number of fused-ring (bicyclic) bond motifs is 1. The van der Waals surface area contributed by atoms with E-state index in [4.69, 9.17) is 5.11 Å². The molecule has 0 spiro atoms. The highest BCUT2D eigenvalue weighted by molar-refractivity contribution is 5.70. The minimum absolute atomic E-state index is 0.164. The number of carbonyl (C=O) groups is 1. The van der Waals surface area contributed by atoms with E-state index in [0.29, 0.717) is 0 Å². The number of carboxylic acids is 1. The van der Waals surface area contributed by atoms with Crippen LogP contribution in [0, 0.1) is 5.92 Å². The van der Waals surface area contributed by atoms with Crippen LogP contribution >= 0.6 is 0 Å². The number of aliphatic carboxylic acids is 1. The Labute approximate surface area is 81.5 Å². The summed E-state index contributed by atoms with van der Waals surface area (Å²) < 4.78 is 0. The van der Waals surface area contributed by atoms with Crippen LogP contribution in [0.1, 0.15) is 24.4 Å². The second-order valence-corrected chi connectivity index (χ2v) is 3.58. The van der Waals surface area contributed by atoms with Crippen molar-refractivity contribution in [2.24, 2.45) is 5.92 Å². The number of aromatic amines is 1. The third-order valence-electron chi connectivity index (χ3n) is 2.67. The summed E-state index contributed by atoms with van der Waals surface area (Å²) in [5.41, 5.74) is 1.91. The van der Waals surface area contributed by atoms with Crippen molar-refractivity contribution < 1.29 is 9.90 Å². The smallest absolute Gasteiger partial charge is 0.308 e. The molecule has 5 nitrogen and oxygen atoms in total.